The quantitative estimate of drug-likeness (QED) is 0.614. The van der Waals surface area contributed by atoms with Crippen molar-refractivity contribution < 1.29 is 4.74 Å². The zero-order chi connectivity index (χ0) is 15.8. The summed E-state index contributed by atoms with van der Waals surface area (Å²) in [7, 11) is 0. The van der Waals surface area contributed by atoms with E-state index in [0.717, 1.165) is 31.9 Å². The average molecular weight is 305 g/mol. The first-order valence-corrected chi connectivity index (χ1v) is 8.70. The lowest BCUT2D eigenvalue weighted by Crippen LogP contribution is -2.32. The molecule has 3 N–H and O–H groups in total. The van der Waals surface area contributed by atoms with E-state index in [9.17, 15) is 0 Å². The minimum Gasteiger partial charge on any atom is -0.494 e. The molecule has 0 bridgehead atoms. The second-order valence-electron chi connectivity index (χ2n) is 6.15. The minimum atomic E-state index is 0.350. The molecule has 1 saturated heterocycles. The molecule has 22 heavy (non-hydrogen) atoms. The van der Waals surface area contributed by atoms with Crippen LogP contribution in [0.1, 0.15) is 51.6 Å². The van der Waals surface area contributed by atoms with Crippen LogP contribution in [-0.2, 0) is 0 Å². The van der Waals surface area contributed by atoms with Gasteiger partial charge in [0, 0.05) is 18.5 Å². The van der Waals surface area contributed by atoms with Crippen LogP contribution in [0.25, 0.3) is 0 Å². The molecule has 2 rings (SSSR count). The fourth-order valence-electron chi connectivity index (χ4n) is 2.97. The van der Waals surface area contributed by atoms with Crippen LogP contribution in [0.5, 0.6) is 5.75 Å². The molecule has 1 aliphatic rings. The molecule has 3 unspecified atom stereocenters. The van der Waals surface area contributed by atoms with E-state index in [2.05, 4.69) is 61.2 Å². The molecular formula is C18H31N3O. The highest BCUT2D eigenvalue weighted by Gasteiger charge is 2.33. The zero-order valence-corrected chi connectivity index (χ0v) is 14.2. The number of hydrogen-bond donors (Lipinski definition) is 3. The predicted molar refractivity (Wildman–Crippen MR) is 92.0 cm³/mol. The molecule has 124 valence electrons. The lowest BCUT2D eigenvalue weighted by molar-refractivity contribution is 0.306. The van der Waals surface area contributed by atoms with Gasteiger partial charge in [-0.1, -0.05) is 38.8 Å². The Morgan fingerprint density at radius 3 is 2.55 bits per heavy atom. The Kier molecular flexibility index (Phi) is 7.16. The Hall–Kier alpha value is -1.10. The van der Waals surface area contributed by atoms with Crippen LogP contribution >= 0.6 is 0 Å². The summed E-state index contributed by atoms with van der Waals surface area (Å²) in [6.45, 7) is 9.46. The highest BCUT2D eigenvalue weighted by molar-refractivity contribution is 5.30. The zero-order valence-electron chi connectivity index (χ0n) is 14.2. The maximum absolute atomic E-state index is 5.79. The summed E-state index contributed by atoms with van der Waals surface area (Å²) in [6, 6.07) is 9.38. The van der Waals surface area contributed by atoms with Gasteiger partial charge in [-0.05, 0) is 37.6 Å². The van der Waals surface area contributed by atoms with Crippen LogP contribution in [0.2, 0.25) is 0 Å². The van der Waals surface area contributed by atoms with Crippen LogP contribution in [-0.4, -0.2) is 25.7 Å². The van der Waals surface area contributed by atoms with Gasteiger partial charge in [0.15, 0.2) is 0 Å². The second-order valence-corrected chi connectivity index (χ2v) is 6.15. The van der Waals surface area contributed by atoms with Gasteiger partial charge in [-0.25, -0.2) is 5.43 Å². The van der Waals surface area contributed by atoms with Crippen molar-refractivity contribution in [2.45, 2.75) is 52.1 Å². The van der Waals surface area contributed by atoms with E-state index in [1.54, 1.807) is 0 Å². The molecule has 0 aromatic heterocycles. The van der Waals surface area contributed by atoms with Gasteiger partial charge in [-0.3, -0.25) is 5.43 Å². The third kappa shape index (κ3) is 4.70. The molecule has 0 saturated carbocycles. The summed E-state index contributed by atoms with van der Waals surface area (Å²) >= 11 is 0. The van der Waals surface area contributed by atoms with E-state index in [4.69, 9.17) is 4.74 Å². The van der Waals surface area contributed by atoms with Crippen LogP contribution in [0.3, 0.4) is 0 Å². The van der Waals surface area contributed by atoms with Crippen molar-refractivity contribution in [3.63, 3.8) is 0 Å². The Balaban J connectivity index is 1.91. The predicted octanol–water partition coefficient (Wildman–Crippen LogP) is 3.02. The number of nitrogens with one attached hydrogen (secondary N) is 3. The van der Waals surface area contributed by atoms with E-state index in [0.29, 0.717) is 18.0 Å². The van der Waals surface area contributed by atoms with E-state index in [1.807, 2.05) is 0 Å². The molecule has 1 heterocycles. The molecular weight excluding hydrogens is 274 g/mol. The highest BCUT2D eigenvalue weighted by atomic mass is 16.5. The number of benzene rings is 1. The van der Waals surface area contributed by atoms with Gasteiger partial charge >= 0.3 is 0 Å². The Morgan fingerprint density at radius 1 is 1.09 bits per heavy atom. The van der Waals surface area contributed by atoms with Crippen molar-refractivity contribution in [2.75, 3.05) is 19.7 Å². The fourth-order valence-corrected chi connectivity index (χ4v) is 2.97. The molecule has 0 amide bonds. The molecule has 0 spiro atoms. The Labute approximate surface area is 135 Å². The molecule has 0 aliphatic carbocycles. The van der Waals surface area contributed by atoms with E-state index < -0.39 is 0 Å². The number of ether oxygens (including phenoxy) is 1. The molecule has 4 heteroatoms. The van der Waals surface area contributed by atoms with Gasteiger partial charge in [0.1, 0.15) is 5.75 Å². The molecule has 1 fully saturated rings. The van der Waals surface area contributed by atoms with Crippen LogP contribution in [0, 0.1) is 5.92 Å². The summed E-state index contributed by atoms with van der Waals surface area (Å²) < 4.78 is 5.79. The third-order valence-corrected chi connectivity index (χ3v) is 4.42. The third-order valence-electron chi connectivity index (χ3n) is 4.42. The fraction of sp³-hybridized carbons (Fsp3) is 0.667. The lowest BCUT2D eigenvalue weighted by atomic mass is 9.90. The Morgan fingerprint density at radius 2 is 1.86 bits per heavy atom. The number of unbranched alkanes of at least 4 members (excludes halogenated alkanes) is 2. The molecule has 1 aliphatic heterocycles. The number of hydrogen-bond acceptors (Lipinski definition) is 4. The normalized spacial score (nSPS) is 24.6. The maximum atomic E-state index is 5.79. The smallest absolute Gasteiger partial charge is 0.119 e. The molecule has 1 aromatic rings. The van der Waals surface area contributed by atoms with Crippen molar-refractivity contribution in [3.05, 3.63) is 29.8 Å². The van der Waals surface area contributed by atoms with E-state index >= 15 is 0 Å². The first-order valence-electron chi connectivity index (χ1n) is 8.70. The highest BCUT2D eigenvalue weighted by Crippen LogP contribution is 2.29. The summed E-state index contributed by atoms with van der Waals surface area (Å²) in [5.74, 6) is 1.53. The summed E-state index contributed by atoms with van der Waals surface area (Å²) in [4.78, 5) is 0. The summed E-state index contributed by atoms with van der Waals surface area (Å²) in [5, 5.41) is 3.47. The average Bonchev–Trinajstić information content (AvgIpc) is 2.91. The molecule has 1 aromatic carbocycles. The van der Waals surface area contributed by atoms with Crippen LogP contribution in [0.4, 0.5) is 0 Å². The van der Waals surface area contributed by atoms with Gasteiger partial charge in [-0.15, -0.1) is 0 Å². The van der Waals surface area contributed by atoms with Crippen LogP contribution in [0.15, 0.2) is 24.3 Å². The standard InChI is InChI=1S/C18H31N3O/c1-4-6-7-12-22-16-10-8-15(9-11-16)18-17(13-19-5-2)14(3)20-21-18/h8-11,14,17-21H,4-7,12-13H2,1-3H3. The molecule has 0 radical (unpaired) electrons. The summed E-state index contributed by atoms with van der Waals surface area (Å²) in [5.41, 5.74) is 8.12. The Bertz CT molecular complexity index is 421. The van der Waals surface area contributed by atoms with Gasteiger partial charge in [0.2, 0.25) is 0 Å². The van der Waals surface area contributed by atoms with Crippen molar-refractivity contribution in [2.24, 2.45) is 5.92 Å². The van der Waals surface area contributed by atoms with Gasteiger partial charge in [-0.2, -0.15) is 0 Å². The van der Waals surface area contributed by atoms with E-state index in [1.165, 1.54) is 18.4 Å². The monoisotopic (exact) mass is 305 g/mol. The largest absolute Gasteiger partial charge is 0.494 e. The lowest BCUT2D eigenvalue weighted by Gasteiger charge is -2.21. The minimum absolute atomic E-state index is 0.350. The first-order chi connectivity index (χ1) is 10.8. The van der Waals surface area contributed by atoms with Crippen molar-refractivity contribution in [1.82, 2.24) is 16.2 Å². The maximum Gasteiger partial charge on any atom is 0.119 e. The van der Waals surface area contributed by atoms with Gasteiger partial charge in [0.05, 0.1) is 12.6 Å². The van der Waals surface area contributed by atoms with Crippen molar-refractivity contribution in [3.8, 4) is 5.75 Å². The number of hydrazine groups is 1. The number of rotatable bonds is 9. The second kappa shape index (κ2) is 9.13. The molecule has 4 nitrogen and oxygen atoms in total. The van der Waals surface area contributed by atoms with Gasteiger partial charge in [0.25, 0.3) is 0 Å². The molecule has 3 atom stereocenters. The topological polar surface area (TPSA) is 45.3 Å². The summed E-state index contributed by atoms with van der Waals surface area (Å²) in [6.07, 6.45) is 3.60. The van der Waals surface area contributed by atoms with Gasteiger partial charge < -0.3 is 10.1 Å². The SMILES string of the molecule is CCCCCOc1ccc(C2NNC(C)C2CNCC)cc1. The van der Waals surface area contributed by atoms with Crippen molar-refractivity contribution >= 4 is 0 Å². The van der Waals surface area contributed by atoms with E-state index in [-0.39, 0.29) is 0 Å². The van der Waals surface area contributed by atoms with Crippen LogP contribution < -0.4 is 20.9 Å². The van der Waals surface area contributed by atoms with Crippen molar-refractivity contribution in [1.29, 1.82) is 0 Å². The first kappa shape index (κ1) is 17.3.